The Labute approximate surface area is 351 Å². The lowest BCUT2D eigenvalue weighted by Gasteiger charge is -2.41. The minimum Gasteiger partial charge on any atom is -0.357 e. The van der Waals surface area contributed by atoms with Gasteiger partial charge in [-0.05, 0) is 136 Å². The Hall–Kier alpha value is -4.92. The summed E-state index contributed by atoms with van der Waals surface area (Å²) < 4.78 is 60.4. The van der Waals surface area contributed by atoms with Gasteiger partial charge in [0.05, 0.1) is 23.7 Å². The Morgan fingerprint density at radius 2 is 1.48 bits per heavy atom. The molecule has 0 spiro atoms. The molecular weight excluding hydrogens is 789 g/mol. The first-order valence-corrected chi connectivity index (χ1v) is 21.9. The van der Waals surface area contributed by atoms with Gasteiger partial charge in [-0.3, -0.25) is 39.2 Å². The number of halogens is 4. The molecule has 2 saturated heterocycles. The van der Waals surface area contributed by atoms with E-state index in [1.807, 2.05) is 43.3 Å². The highest BCUT2D eigenvalue weighted by Crippen LogP contribution is 2.44. The lowest BCUT2D eigenvalue weighted by Crippen LogP contribution is -2.54. The summed E-state index contributed by atoms with van der Waals surface area (Å²) in [7, 11) is 0. The number of rotatable bonds is 8. The lowest BCUT2D eigenvalue weighted by atomic mass is 9.83. The van der Waals surface area contributed by atoms with Crippen LogP contribution >= 0.6 is 0 Å². The minimum atomic E-state index is -2.65. The number of carbonyl (C=O) groups excluding carboxylic acids is 4. The van der Waals surface area contributed by atoms with Gasteiger partial charge in [0.25, 0.3) is 18.2 Å². The third kappa shape index (κ3) is 7.17. The summed E-state index contributed by atoms with van der Waals surface area (Å²) in [6, 6.07) is 12.3. The first-order valence-electron chi connectivity index (χ1n) is 21.9. The molecule has 3 fully saturated rings. The van der Waals surface area contributed by atoms with Crippen LogP contribution in [0.15, 0.2) is 48.5 Å². The average Bonchev–Trinajstić information content (AvgIpc) is 3.89. The van der Waals surface area contributed by atoms with E-state index in [0.29, 0.717) is 53.9 Å². The zero-order chi connectivity index (χ0) is 42.3. The molecule has 320 valence electrons. The highest BCUT2D eigenvalue weighted by molar-refractivity contribution is 6.23. The van der Waals surface area contributed by atoms with Crippen LogP contribution in [0.3, 0.4) is 0 Å². The number of nitrogens with one attached hydrogen (secondary N) is 2. The fourth-order valence-corrected chi connectivity index (χ4v) is 11.5. The van der Waals surface area contributed by atoms with Crippen molar-refractivity contribution in [2.75, 3.05) is 26.2 Å². The normalized spacial score (nSPS) is 26.7. The molecule has 1 unspecified atom stereocenters. The molecule has 4 aromatic rings. The number of H-pyrrole nitrogens is 1. The Morgan fingerprint density at radius 1 is 0.820 bits per heavy atom. The number of hydrogen-bond donors (Lipinski definition) is 2. The second kappa shape index (κ2) is 15.8. The quantitative estimate of drug-likeness (QED) is 0.143. The summed E-state index contributed by atoms with van der Waals surface area (Å²) >= 11 is 0. The number of carbonyl (C=O) groups is 4. The van der Waals surface area contributed by atoms with E-state index in [2.05, 4.69) is 20.1 Å². The summed E-state index contributed by atoms with van der Waals surface area (Å²) in [5, 5.41) is 3.20. The van der Waals surface area contributed by atoms with Gasteiger partial charge in [-0.25, -0.2) is 17.6 Å². The Bertz CT molecular complexity index is 2370. The monoisotopic (exact) mass is 838 g/mol. The van der Waals surface area contributed by atoms with Gasteiger partial charge in [0.2, 0.25) is 11.8 Å². The van der Waals surface area contributed by atoms with E-state index in [1.165, 1.54) is 17.0 Å². The second-order valence-corrected chi connectivity index (χ2v) is 18.3. The van der Waals surface area contributed by atoms with Gasteiger partial charge in [-0.15, -0.1) is 0 Å². The van der Waals surface area contributed by atoms with Crippen LogP contribution in [-0.4, -0.2) is 98.9 Å². The molecule has 0 radical (unpaired) electrons. The molecule has 3 atom stereocenters. The van der Waals surface area contributed by atoms with Gasteiger partial charge < -0.3 is 9.88 Å². The molecule has 1 saturated carbocycles. The van der Waals surface area contributed by atoms with Crippen molar-refractivity contribution in [2.45, 2.75) is 114 Å². The number of imide groups is 2. The highest BCUT2D eigenvalue weighted by Gasteiger charge is 2.46. The summed E-state index contributed by atoms with van der Waals surface area (Å²) in [5.41, 5.74) is 5.49. The first kappa shape index (κ1) is 40.2. The molecule has 5 aliphatic heterocycles. The van der Waals surface area contributed by atoms with Crippen LogP contribution in [0.1, 0.15) is 124 Å². The zero-order valence-corrected chi connectivity index (χ0v) is 34.2. The Kier molecular flexibility index (Phi) is 10.4. The molecule has 4 amide bonds. The topological polar surface area (TPSA) is 109 Å². The molecule has 1 aliphatic carbocycles. The molecule has 6 aliphatic rings. The van der Waals surface area contributed by atoms with E-state index in [1.54, 1.807) is 0 Å². The maximum absolute atomic E-state index is 16.3. The van der Waals surface area contributed by atoms with E-state index in [-0.39, 0.29) is 30.4 Å². The molecule has 14 heteroatoms. The molecule has 0 bridgehead atoms. The number of amides is 4. The number of piperidine rings is 2. The van der Waals surface area contributed by atoms with Crippen molar-refractivity contribution in [1.29, 1.82) is 0 Å². The maximum Gasteiger partial charge on any atom is 0.262 e. The Morgan fingerprint density at radius 3 is 2.11 bits per heavy atom. The van der Waals surface area contributed by atoms with Crippen molar-refractivity contribution >= 4 is 34.5 Å². The number of aromatic amines is 1. The van der Waals surface area contributed by atoms with E-state index in [0.717, 1.165) is 90.7 Å². The van der Waals surface area contributed by atoms with Crippen LogP contribution < -0.4 is 5.32 Å². The fourth-order valence-electron chi connectivity index (χ4n) is 11.5. The minimum absolute atomic E-state index is 0.000353. The largest absolute Gasteiger partial charge is 0.357 e. The van der Waals surface area contributed by atoms with E-state index in [9.17, 15) is 28.0 Å². The molecular formula is C47H50F4N6O4. The third-order valence-electron chi connectivity index (χ3n) is 14.7. The van der Waals surface area contributed by atoms with Gasteiger partial charge in [0, 0.05) is 60.3 Å². The number of alkyl halides is 2. The van der Waals surface area contributed by atoms with Crippen LogP contribution in [-0.2, 0) is 29.1 Å². The van der Waals surface area contributed by atoms with Crippen molar-refractivity contribution in [3.63, 3.8) is 0 Å². The maximum atomic E-state index is 16.3. The number of para-hydroxylation sites is 1. The Balaban J connectivity index is 0.743. The van der Waals surface area contributed by atoms with E-state index >= 15 is 8.78 Å². The fraction of sp³-hybridized carbons (Fsp3) is 0.489. The number of likely N-dealkylation sites (tertiary alicyclic amines) is 1. The van der Waals surface area contributed by atoms with Gasteiger partial charge >= 0.3 is 0 Å². The smallest absolute Gasteiger partial charge is 0.262 e. The predicted molar refractivity (Wildman–Crippen MR) is 219 cm³/mol. The molecule has 3 aromatic carbocycles. The molecule has 2 N–H and O–H groups in total. The van der Waals surface area contributed by atoms with Crippen molar-refractivity contribution in [3.8, 4) is 0 Å². The van der Waals surface area contributed by atoms with Crippen LogP contribution in [0.5, 0.6) is 0 Å². The zero-order valence-electron chi connectivity index (χ0n) is 34.2. The van der Waals surface area contributed by atoms with Gasteiger partial charge in [0.15, 0.2) is 0 Å². The van der Waals surface area contributed by atoms with Crippen molar-refractivity contribution in [2.24, 2.45) is 5.92 Å². The number of benzene rings is 3. The van der Waals surface area contributed by atoms with Crippen molar-refractivity contribution < 1.29 is 36.7 Å². The molecule has 61 heavy (non-hydrogen) atoms. The van der Waals surface area contributed by atoms with Crippen LogP contribution in [0.25, 0.3) is 10.9 Å². The summed E-state index contributed by atoms with van der Waals surface area (Å²) in [6.45, 7) is 5.31. The van der Waals surface area contributed by atoms with Gasteiger partial charge in [0.1, 0.15) is 17.7 Å². The summed E-state index contributed by atoms with van der Waals surface area (Å²) in [5.74, 6) is -2.81. The number of aromatic nitrogens is 1. The van der Waals surface area contributed by atoms with Gasteiger partial charge in [-0.2, -0.15) is 0 Å². The lowest BCUT2D eigenvalue weighted by molar-refractivity contribution is -0.136. The number of fused-ring (bicyclic) bond motifs is 5. The van der Waals surface area contributed by atoms with Crippen LogP contribution in [0.2, 0.25) is 0 Å². The first-order chi connectivity index (χ1) is 29.4. The van der Waals surface area contributed by atoms with Crippen molar-refractivity contribution in [1.82, 2.24) is 29.9 Å². The molecule has 1 aromatic heterocycles. The SMILES string of the molecule is C[C@@H]1Cc2c([nH]c3ccccc23)[C@@H](c2c(F)cc(C3CCN(CC4CCC(N5Cc6cc7c(cc6C5)C(=O)N(C5CCC(=O)NC5=O)C7=O)CC4)CC3)cc2F)N1CC(F)F. The van der Waals surface area contributed by atoms with Crippen LogP contribution in [0.4, 0.5) is 17.6 Å². The van der Waals surface area contributed by atoms with E-state index in [4.69, 9.17) is 0 Å². The molecule has 6 heterocycles. The van der Waals surface area contributed by atoms with Crippen molar-refractivity contribution in [3.05, 3.63) is 105 Å². The summed E-state index contributed by atoms with van der Waals surface area (Å²) in [4.78, 5) is 61.7. The van der Waals surface area contributed by atoms with E-state index < -0.39 is 60.3 Å². The van der Waals surface area contributed by atoms with Crippen LogP contribution in [0, 0.1) is 17.6 Å². The second-order valence-electron chi connectivity index (χ2n) is 18.3. The highest BCUT2D eigenvalue weighted by atomic mass is 19.3. The van der Waals surface area contributed by atoms with Gasteiger partial charge in [-0.1, -0.05) is 18.2 Å². The number of hydrogen-bond acceptors (Lipinski definition) is 7. The standard InChI is InChI=1S/C47H50F4N6O4/c1-25-16-33-32-4-2-3-5-38(32)52-43(33)44(56(25)24-40(50)51)42-36(48)19-28(20-37(42)49)27-12-14-54(15-13-27)21-26-6-8-31(9-7-26)55-22-29-17-34-35(18-30(29)23-55)47(61)57(46(34)60)39-10-11-41(58)53-45(39)59/h2-5,17-20,25-27,31,39-40,44,52H,6-16,21-24H2,1H3,(H,53,58,59)/t25-,26?,31?,39?,44-/m1/s1. The number of nitrogens with zero attached hydrogens (tertiary/aromatic N) is 4. The average molecular weight is 839 g/mol. The molecule has 10 rings (SSSR count). The summed E-state index contributed by atoms with van der Waals surface area (Å²) in [6.07, 6.45) is 3.90. The predicted octanol–water partition coefficient (Wildman–Crippen LogP) is 7.20. The molecule has 10 nitrogen and oxygen atoms in total. The third-order valence-corrected chi connectivity index (χ3v) is 14.7.